The van der Waals surface area contributed by atoms with E-state index in [0.717, 1.165) is 29.4 Å². The highest BCUT2D eigenvalue weighted by Gasteiger charge is 2.09. The van der Waals surface area contributed by atoms with E-state index in [0.29, 0.717) is 5.88 Å². The van der Waals surface area contributed by atoms with E-state index in [1.54, 1.807) is 13.3 Å². The number of methoxy groups -OCH3 is 1. The number of anilines is 1. The van der Waals surface area contributed by atoms with Crippen LogP contribution in [0.25, 0.3) is 11.3 Å². The fourth-order valence-corrected chi connectivity index (χ4v) is 1.80. The van der Waals surface area contributed by atoms with E-state index in [2.05, 4.69) is 34.1 Å². The standard InChI is InChI=1S/C15H20N4O/c1-5-16-13-8-12(18-15(19-13)10(2)3)11-6-7-14(20-4)17-9-11/h6-10H,5H2,1-4H3,(H,16,18,19). The highest BCUT2D eigenvalue weighted by molar-refractivity contribution is 5.62. The largest absolute Gasteiger partial charge is 0.481 e. The van der Waals surface area contributed by atoms with Crippen LogP contribution in [-0.4, -0.2) is 28.6 Å². The molecule has 0 radical (unpaired) electrons. The summed E-state index contributed by atoms with van der Waals surface area (Å²) >= 11 is 0. The molecule has 0 aliphatic carbocycles. The second-order valence-corrected chi connectivity index (χ2v) is 4.77. The molecule has 0 unspecified atom stereocenters. The van der Waals surface area contributed by atoms with Crippen molar-refractivity contribution >= 4 is 5.82 Å². The van der Waals surface area contributed by atoms with Crippen LogP contribution in [0, 0.1) is 0 Å². The molecule has 106 valence electrons. The van der Waals surface area contributed by atoms with Gasteiger partial charge in [0.05, 0.1) is 12.8 Å². The molecule has 5 heteroatoms. The molecular formula is C15H20N4O. The van der Waals surface area contributed by atoms with Gasteiger partial charge in [-0.1, -0.05) is 13.8 Å². The molecule has 2 heterocycles. The Morgan fingerprint density at radius 1 is 1.25 bits per heavy atom. The van der Waals surface area contributed by atoms with Crippen LogP contribution in [0.1, 0.15) is 32.5 Å². The molecular weight excluding hydrogens is 252 g/mol. The Labute approximate surface area is 119 Å². The first-order valence-electron chi connectivity index (χ1n) is 6.77. The number of nitrogens with one attached hydrogen (secondary N) is 1. The smallest absolute Gasteiger partial charge is 0.212 e. The summed E-state index contributed by atoms with van der Waals surface area (Å²) in [5.41, 5.74) is 1.82. The first-order chi connectivity index (χ1) is 9.63. The third kappa shape index (κ3) is 3.23. The Kier molecular flexibility index (Phi) is 4.50. The molecule has 2 aromatic heterocycles. The third-order valence-electron chi connectivity index (χ3n) is 2.86. The molecule has 5 nitrogen and oxygen atoms in total. The van der Waals surface area contributed by atoms with Gasteiger partial charge in [-0.15, -0.1) is 0 Å². The van der Waals surface area contributed by atoms with Gasteiger partial charge < -0.3 is 10.1 Å². The number of rotatable bonds is 5. The van der Waals surface area contributed by atoms with E-state index in [-0.39, 0.29) is 5.92 Å². The van der Waals surface area contributed by atoms with Gasteiger partial charge >= 0.3 is 0 Å². The minimum absolute atomic E-state index is 0.276. The number of hydrogen-bond donors (Lipinski definition) is 1. The summed E-state index contributed by atoms with van der Waals surface area (Å²) in [7, 11) is 1.60. The maximum atomic E-state index is 5.07. The van der Waals surface area contributed by atoms with Crippen LogP contribution in [0.3, 0.4) is 0 Å². The summed E-state index contributed by atoms with van der Waals surface area (Å²) in [6.45, 7) is 7.04. The number of nitrogens with zero attached hydrogens (tertiary/aromatic N) is 3. The highest BCUT2D eigenvalue weighted by Crippen LogP contribution is 2.23. The zero-order valence-corrected chi connectivity index (χ0v) is 12.3. The van der Waals surface area contributed by atoms with E-state index < -0.39 is 0 Å². The van der Waals surface area contributed by atoms with Gasteiger partial charge in [0.25, 0.3) is 0 Å². The lowest BCUT2D eigenvalue weighted by molar-refractivity contribution is 0.398. The Morgan fingerprint density at radius 3 is 2.60 bits per heavy atom. The van der Waals surface area contributed by atoms with Crippen molar-refractivity contribution in [1.82, 2.24) is 15.0 Å². The van der Waals surface area contributed by atoms with Crippen molar-refractivity contribution in [2.75, 3.05) is 19.0 Å². The lowest BCUT2D eigenvalue weighted by Gasteiger charge is -2.11. The van der Waals surface area contributed by atoms with E-state index in [4.69, 9.17) is 4.74 Å². The number of aromatic nitrogens is 3. The Bertz CT molecular complexity index is 567. The molecule has 2 aromatic rings. The van der Waals surface area contributed by atoms with Gasteiger partial charge in [0.2, 0.25) is 5.88 Å². The van der Waals surface area contributed by atoms with Gasteiger partial charge in [-0.2, -0.15) is 0 Å². The average Bonchev–Trinajstić information content (AvgIpc) is 2.47. The van der Waals surface area contributed by atoms with Crippen molar-refractivity contribution in [3.05, 3.63) is 30.2 Å². The van der Waals surface area contributed by atoms with E-state index >= 15 is 0 Å². The third-order valence-corrected chi connectivity index (χ3v) is 2.86. The topological polar surface area (TPSA) is 59.9 Å². The lowest BCUT2D eigenvalue weighted by atomic mass is 10.1. The quantitative estimate of drug-likeness (QED) is 0.906. The van der Waals surface area contributed by atoms with Crippen molar-refractivity contribution in [3.8, 4) is 17.1 Å². The summed E-state index contributed by atoms with van der Waals surface area (Å²) < 4.78 is 5.07. The monoisotopic (exact) mass is 272 g/mol. The fourth-order valence-electron chi connectivity index (χ4n) is 1.80. The summed E-state index contributed by atoms with van der Waals surface area (Å²) in [6, 6.07) is 5.73. The summed E-state index contributed by atoms with van der Waals surface area (Å²) in [5, 5.41) is 3.24. The molecule has 0 amide bonds. The van der Waals surface area contributed by atoms with Gasteiger partial charge in [0.1, 0.15) is 11.6 Å². The van der Waals surface area contributed by atoms with Gasteiger partial charge in [-0.3, -0.25) is 0 Å². The normalized spacial score (nSPS) is 10.7. The molecule has 0 aliphatic heterocycles. The molecule has 0 fully saturated rings. The molecule has 0 spiro atoms. The van der Waals surface area contributed by atoms with E-state index in [9.17, 15) is 0 Å². The van der Waals surface area contributed by atoms with Crippen LogP contribution in [0.2, 0.25) is 0 Å². The number of hydrogen-bond acceptors (Lipinski definition) is 5. The first-order valence-corrected chi connectivity index (χ1v) is 6.77. The van der Waals surface area contributed by atoms with Crippen LogP contribution < -0.4 is 10.1 Å². The minimum atomic E-state index is 0.276. The first kappa shape index (κ1) is 14.2. The molecule has 1 N–H and O–H groups in total. The van der Waals surface area contributed by atoms with Gasteiger partial charge in [0.15, 0.2) is 0 Å². The average molecular weight is 272 g/mol. The Hall–Kier alpha value is -2.17. The maximum absolute atomic E-state index is 5.07. The highest BCUT2D eigenvalue weighted by atomic mass is 16.5. The molecule has 0 atom stereocenters. The second-order valence-electron chi connectivity index (χ2n) is 4.77. The SMILES string of the molecule is CCNc1cc(-c2ccc(OC)nc2)nc(C(C)C)n1. The maximum Gasteiger partial charge on any atom is 0.212 e. The van der Waals surface area contributed by atoms with Crippen molar-refractivity contribution in [2.24, 2.45) is 0 Å². The molecule has 2 rings (SSSR count). The molecule has 0 aliphatic rings. The Balaban J connectivity index is 2.42. The van der Waals surface area contributed by atoms with Crippen LogP contribution >= 0.6 is 0 Å². The van der Waals surface area contributed by atoms with Crippen LogP contribution in [0.4, 0.5) is 5.82 Å². The molecule has 0 bridgehead atoms. The summed E-state index contributed by atoms with van der Waals surface area (Å²) in [5.74, 6) is 2.55. The summed E-state index contributed by atoms with van der Waals surface area (Å²) in [4.78, 5) is 13.3. The fraction of sp³-hybridized carbons (Fsp3) is 0.400. The van der Waals surface area contributed by atoms with Crippen molar-refractivity contribution in [1.29, 1.82) is 0 Å². The minimum Gasteiger partial charge on any atom is -0.481 e. The molecule has 0 saturated heterocycles. The molecule has 20 heavy (non-hydrogen) atoms. The molecule has 0 aromatic carbocycles. The Morgan fingerprint density at radius 2 is 2.05 bits per heavy atom. The number of pyridine rings is 1. The zero-order valence-electron chi connectivity index (χ0n) is 12.3. The van der Waals surface area contributed by atoms with E-state index in [1.165, 1.54) is 0 Å². The predicted octanol–water partition coefficient (Wildman–Crippen LogP) is 3.10. The predicted molar refractivity (Wildman–Crippen MR) is 80.1 cm³/mol. The van der Waals surface area contributed by atoms with Crippen molar-refractivity contribution < 1.29 is 4.74 Å². The van der Waals surface area contributed by atoms with Crippen LogP contribution in [0.15, 0.2) is 24.4 Å². The van der Waals surface area contributed by atoms with Crippen LogP contribution in [0.5, 0.6) is 5.88 Å². The van der Waals surface area contributed by atoms with Crippen molar-refractivity contribution in [2.45, 2.75) is 26.7 Å². The zero-order chi connectivity index (χ0) is 14.5. The van der Waals surface area contributed by atoms with Crippen molar-refractivity contribution in [3.63, 3.8) is 0 Å². The molecule has 0 saturated carbocycles. The second kappa shape index (κ2) is 6.32. The van der Waals surface area contributed by atoms with Crippen LogP contribution in [-0.2, 0) is 0 Å². The lowest BCUT2D eigenvalue weighted by Crippen LogP contribution is -2.06. The summed E-state index contributed by atoms with van der Waals surface area (Å²) in [6.07, 6.45) is 1.76. The number of ether oxygens (including phenoxy) is 1. The van der Waals surface area contributed by atoms with Gasteiger partial charge in [0, 0.05) is 36.4 Å². The van der Waals surface area contributed by atoms with Gasteiger partial charge in [-0.25, -0.2) is 15.0 Å². The van der Waals surface area contributed by atoms with E-state index in [1.807, 2.05) is 25.1 Å². The van der Waals surface area contributed by atoms with Gasteiger partial charge in [-0.05, 0) is 13.0 Å².